The molecule has 4 rings (SSSR count). The van der Waals surface area contributed by atoms with Gasteiger partial charge in [0.15, 0.2) is 0 Å². The zero-order valence-electron chi connectivity index (χ0n) is 17.3. The number of nitriles is 1. The first-order valence-corrected chi connectivity index (χ1v) is 10.9. The van der Waals surface area contributed by atoms with Crippen molar-refractivity contribution in [1.29, 1.82) is 5.26 Å². The molecule has 0 radical (unpaired) electrons. The van der Waals surface area contributed by atoms with E-state index in [1.165, 1.54) is 12.1 Å². The average Bonchev–Trinajstić information content (AvgIpc) is 2.81. The quantitative estimate of drug-likeness (QED) is 0.731. The first kappa shape index (κ1) is 20.8. The lowest BCUT2D eigenvalue weighted by Crippen LogP contribution is -2.52. The monoisotopic (exact) mass is 408 g/mol. The summed E-state index contributed by atoms with van der Waals surface area (Å²) in [5.74, 6) is 0.472. The molecule has 5 nitrogen and oxygen atoms in total. The molecule has 158 valence electrons. The molecule has 2 heterocycles. The van der Waals surface area contributed by atoms with Crippen LogP contribution in [0.25, 0.3) is 0 Å². The van der Waals surface area contributed by atoms with Gasteiger partial charge in [0.1, 0.15) is 18.2 Å². The molecule has 1 aromatic heterocycles. The van der Waals surface area contributed by atoms with Crippen molar-refractivity contribution in [3.63, 3.8) is 0 Å². The summed E-state index contributed by atoms with van der Waals surface area (Å²) in [6, 6.07) is 15.2. The summed E-state index contributed by atoms with van der Waals surface area (Å²) in [6.07, 6.45) is 5.67. The zero-order chi connectivity index (χ0) is 20.8. The number of pyridine rings is 1. The highest BCUT2D eigenvalue weighted by molar-refractivity contribution is 5.27. The predicted octanol–water partition coefficient (Wildman–Crippen LogP) is 3.62. The van der Waals surface area contributed by atoms with Crippen LogP contribution in [0.4, 0.5) is 4.39 Å². The standard InChI is InChI=1S/C24H29FN4O/c25-20-4-6-22(7-5-20)30-18-17-28-13-15-29(16-14-28)21-8-10-24(19-26,11-9-21)23-3-1-2-12-27-23/h1-7,12,21H,8-11,13-18H2/t21-,24-. The molecule has 1 saturated heterocycles. The number of ether oxygens (including phenoxy) is 1. The molecule has 0 N–H and O–H groups in total. The maximum Gasteiger partial charge on any atom is 0.123 e. The van der Waals surface area contributed by atoms with E-state index in [-0.39, 0.29) is 5.82 Å². The Morgan fingerprint density at radius 3 is 2.43 bits per heavy atom. The van der Waals surface area contributed by atoms with E-state index in [2.05, 4.69) is 20.9 Å². The summed E-state index contributed by atoms with van der Waals surface area (Å²) in [4.78, 5) is 9.50. The second-order valence-electron chi connectivity index (χ2n) is 8.32. The number of nitrogens with zero attached hydrogens (tertiary/aromatic N) is 4. The normalized spacial score (nSPS) is 25.5. The SMILES string of the molecule is N#C[C@]1(c2ccccn2)CC[C@H](N2CCN(CCOc3ccc(F)cc3)CC2)CC1. The van der Waals surface area contributed by atoms with Crippen LogP contribution in [-0.4, -0.2) is 60.2 Å². The van der Waals surface area contributed by atoms with Crippen LogP contribution in [0.15, 0.2) is 48.7 Å². The van der Waals surface area contributed by atoms with Gasteiger partial charge in [-0.05, 0) is 62.1 Å². The highest BCUT2D eigenvalue weighted by Gasteiger charge is 2.40. The van der Waals surface area contributed by atoms with Crippen LogP contribution in [0.1, 0.15) is 31.4 Å². The van der Waals surface area contributed by atoms with Crippen molar-refractivity contribution in [3.05, 3.63) is 60.2 Å². The minimum absolute atomic E-state index is 0.242. The Hall–Kier alpha value is -2.49. The van der Waals surface area contributed by atoms with Crippen molar-refractivity contribution < 1.29 is 9.13 Å². The minimum atomic E-state index is -0.419. The number of aromatic nitrogens is 1. The molecule has 0 unspecified atom stereocenters. The number of halogens is 1. The van der Waals surface area contributed by atoms with Gasteiger partial charge in [0.2, 0.25) is 0 Å². The Kier molecular flexibility index (Phi) is 6.61. The molecule has 6 heteroatoms. The fourth-order valence-electron chi connectivity index (χ4n) is 4.71. The Balaban J connectivity index is 1.20. The Labute approximate surface area is 178 Å². The maximum absolute atomic E-state index is 13.0. The molecule has 2 fully saturated rings. The smallest absolute Gasteiger partial charge is 0.123 e. The molecular weight excluding hydrogens is 379 g/mol. The second kappa shape index (κ2) is 9.55. The third kappa shape index (κ3) is 4.80. The molecule has 1 aliphatic carbocycles. The third-order valence-electron chi connectivity index (χ3n) is 6.59. The lowest BCUT2D eigenvalue weighted by Gasteiger charge is -2.43. The van der Waals surface area contributed by atoms with Crippen LogP contribution in [0, 0.1) is 17.1 Å². The Bertz CT molecular complexity index is 836. The second-order valence-corrected chi connectivity index (χ2v) is 8.32. The minimum Gasteiger partial charge on any atom is -0.492 e. The molecule has 1 aliphatic heterocycles. The number of hydrogen-bond acceptors (Lipinski definition) is 5. The van der Waals surface area contributed by atoms with Gasteiger partial charge in [0.25, 0.3) is 0 Å². The third-order valence-corrected chi connectivity index (χ3v) is 6.59. The molecule has 0 spiro atoms. The average molecular weight is 409 g/mol. The lowest BCUT2D eigenvalue weighted by atomic mass is 9.71. The van der Waals surface area contributed by atoms with Crippen LogP contribution in [0.3, 0.4) is 0 Å². The van der Waals surface area contributed by atoms with Gasteiger partial charge in [0.05, 0.1) is 17.2 Å². The summed E-state index contributed by atoms with van der Waals surface area (Å²) in [5.41, 5.74) is 0.508. The fourth-order valence-corrected chi connectivity index (χ4v) is 4.71. The van der Waals surface area contributed by atoms with Gasteiger partial charge in [-0.1, -0.05) is 6.07 Å². The fraction of sp³-hybridized carbons (Fsp3) is 0.500. The largest absolute Gasteiger partial charge is 0.492 e. The van der Waals surface area contributed by atoms with Gasteiger partial charge in [-0.25, -0.2) is 4.39 Å². The van der Waals surface area contributed by atoms with E-state index in [0.29, 0.717) is 18.4 Å². The first-order valence-electron chi connectivity index (χ1n) is 10.9. The summed E-state index contributed by atoms with van der Waals surface area (Å²) in [6.45, 7) is 5.69. The molecule has 1 aromatic carbocycles. The van der Waals surface area contributed by atoms with E-state index in [1.54, 1.807) is 18.3 Å². The molecule has 2 aromatic rings. The number of rotatable bonds is 6. The van der Waals surface area contributed by atoms with Gasteiger partial charge >= 0.3 is 0 Å². The van der Waals surface area contributed by atoms with E-state index in [0.717, 1.165) is 64.1 Å². The van der Waals surface area contributed by atoms with Crippen molar-refractivity contribution >= 4 is 0 Å². The van der Waals surface area contributed by atoms with Gasteiger partial charge < -0.3 is 4.74 Å². The topological polar surface area (TPSA) is 52.4 Å². The molecule has 2 aliphatic rings. The first-order chi connectivity index (χ1) is 14.7. The van der Waals surface area contributed by atoms with E-state index in [9.17, 15) is 9.65 Å². The highest BCUT2D eigenvalue weighted by Crippen LogP contribution is 2.39. The van der Waals surface area contributed by atoms with Crippen molar-refractivity contribution in [1.82, 2.24) is 14.8 Å². The molecule has 30 heavy (non-hydrogen) atoms. The Morgan fingerprint density at radius 1 is 1.07 bits per heavy atom. The summed E-state index contributed by atoms with van der Waals surface area (Å²) < 4.78 is 18.7. The maximum atomic E-state index is 13.0. The van der Waals surface area contributed by atoms with Crippen LogP contribution in [-0.2, 0) is 5.41 Å². The number of piperazine rings is 1. The predicted molar refractivity (Wildman–Crippen MR) is 114 cm³/mol. The highest BCUT2D eigenvalue weighted by atomic mass is 19.1. The van der Waals surface area contributed by atoms with Gasteiger partial charge in [-0.2, -0.15) is 5.26 Å². The zero-order valence-corrected chi connectivity index (χ0v) is 17.3. The molecule has 0 atom stereocenters. The van der Waals surface area contributed by atoms with E-state index in [1.807, 2.05) is 18.2 Å². The van der Waals surface area contributed by atoms with Crippen LogP contribution in [0.2, 0.25) is 0 Å². The van der Waals surface area contributed by atoms with Crippen LogP contribution >= 0.6 is 0 Å². The molecular formula is C24H29FN4O. The lowest BCUT2D eigenvalue weighted by molar-refractivity contribution is 0.0644. The van der Waals surface area contributed by atoms with Crippen LogP contribution < -0.4 is 4.74 Å². The molecule has 0 amide bonds. The molecule has 0 bridgehead atoms. The van der Waals surface area contributed by atoms with Gasteiger partial charge in [-0.3, -0.25) is 14.8 Å². The summed E-state index contributed by atoms with van der Waals surface area (Å²) in [7, 11) is 0. The summed E-state index contributed by atoms with van der Waals surface area (Å²) >= 11 is 0. The van der Waals surface area contributed by atoms with E-state index in [4.69, 9.17) is 4.74 Å². The number of benzene rings is 1. The number of hydrogen-bond donors (Lipinski definition) is 0. The van der Waals surface area contributed by atoms with E-state index < -0.39 is 5.41 Å². The van der Waals surface area contributed by atoms with Crippen molar-refractivity contribution in [2.75, 3.05) is 39.3 Å². The molecule has 1 saturated carbocycles. The van der Waals surface area contributed by atoms with Crippen molar-refractivity contribution in [2.24, 2.45) is 0 Å². The van der Waals surface area contributed by atoms with E-state index >= 15 is 0 Å². The summed E-state index contributed by atoms with van der Waals surface area (Å²) in [5, 5.41) is 9.86. The van der Waals surface area contributed by atoms with Crippen molar-refractivity contribution in [3.8, 4) is 11.8 Å². The van der Waals surface area contributed by atoms with Gasteiger partial charge in [0, 0.05) is 45.0 Å². The van der Waals surface area contributed by atoms with Crippen molar-refractivity contribution in [2.45, 2.75) is 37.1 Å². The van der Waals surface area contributed by atoms with Gasteiger partial charge in [-0.15, -0.1) is 0 Å². The Morgan fingerprint density at radius 2 is 1.80 bits per heavy atom. The van der Waals surface area contributed by atoms with Crippen LogP contribution in [0.5, 0.6) is 5.75 Å².